The highest BCUT2D eigenvalue weighted by Crippen LogP contribution is 2.50. The van der Waals surface area contributed by atoms with E-state index in [1.165, 1.54) is 44.9 Å². The lowest BCUT2D eigenvalue weighted by atomic mass is 9.75. The van der Waals surface area contributed by atoms with Crippen molar-refractivity contribution in [1.29, 1.82) is 0 Å². The normalized spacial score (nSPS) is 47.4. The van der Waals surface area contributed by atoms with E-state index in [1.54, 1.807) is 0 Å². The lowest BCUT2D eigenvalue weighted by Crippen LogP contribution is -2.52. The quantitative estimate of drug-likeness (QED) is 0.825. The molecule has 3 fully saturated rings. The molecule has 0 radical (unpaired) electrons. The summed E-state index contributed by atoms with van der Waals surface area (Å²) in [4.78, 5) is 0. The summed E-state index contributed by atoms with van der Waals surface area (Å²) in [5, 5.41) is 4.03. The number of hydrogen-bond donors (Lipinski definition) is 2. The van der Waals surface area contributed by atoms with Gasteiger partial charge in [-0.1, -0.05) is 6.92 Å². The van der Waals surface area contributed by atoms with Crippen molar-refractivity contribution in [3.05, 3.63) is 0 Å². The van der Waals surface area contributed by atoms with Crippen LogP contribution in [0.3, 0.4) is 0 Å². The fraction of sp³-hybridized carbons (Fsp3) is 1.00. The number of nitrogens with one attached hydrogen (secondary N) is 1. The van der Waals surface area contributed by atoms with Gasteiger partial charge < -0.3 is 11.1 Å². The minimum Gasteiger partial charge on any atom is -0.328 e. The Bertz CT molecular complexity index is 307. The highest BCUT2D eigenvalue weighted by molar-refractivity contribution is 4.98. The van der Waals surface area contributed by atoms with Gasteiger partial charge in [0.25, 0.3) is 0 Å². The molecule has 2 heteroatoms. The SMILES string of the molecule is CC1CC[C@H](NC(C)C2C3CCC2CC3)C(C(C)N)C1. The highest BCUT2D eigenvalue weighted by Gasteiger charge is 2.45. The van der Waals surface area contributed by atoms with Gasteiger partial charge in [0.1, 0.15) is 0 Å². The van der Waals surface area contributed by atoms with Crippen LogP contribution in [0.25, 0.3) is 0 Å². The van der Waals surface area contributed by atoms with E-state index in [0.29, 0.717) is 24.0 Å². The van der Waals surface area contributed by atoms with Crippen molar-refractivity contribution in [2.45, 2.75) is 83.8 Å². The molecule has 5 atom stereocenters. The molecule has 0 aromatic rings. The second-order valence-corrected chi connectivity index (χ2v) is 8.26. The van der Waals surface area contributed by atoms with Gasteiger partial charge in [-0.3, -0.25) is 0 Å². The van der Waals surface area contributed by atoms with Gasteiger partial charge in [-0.05, 0) is 88.4 Å². The topological polar surface area (TPSA) is 38.0 Å². The van der Waals surface area contributed by atoms with E-state index in [1.807, 2.05) is 0 Å². The van der Waals surface area contributed by atoms with Crippen molar-refractivity contribution in [1.82, 2.24) is 5.32 Å². The Labute approximate surface area is 125 Å². The zero-order valence-corrected chi connectivity index (χ0v) is 13.6. The van der Waals surface area contributed by atoms with Crippen LogP contribution in [0.4, 0.5) is 0 Å². The summed E-state index contributed by atoms with van der Waals surface area (Å²) in [6, 6.07) is 1.71. The lowest BCUT2D eigenvalue weighted by molar-refractivity contribution is 0.159. The van der Waals surface area contributed by atoms with Crippen LogP contribution < -0.4 is 11.1 Å². The van der Waals surface area contributed by atoms with Crippen molar-refractivity contribution in [3.8, 4) is 0 Å². The van der Waals surface area contributed by atoms with Gasteiger partial charge in [0.15, 0.2) is 0 Å². The van der Waals surface area contributed by atoms with Gasteiger partial charge in [-0.25, -0.2) is 0 Å². The molecule has 20 heavy (non-hydrogen) atoms. The molecule has 116 valence electrons. The first-order valence-corrected chi connectivity index (χ1v) is 9.08. The van der Waals surface area contributed by atoms with Gasteiger partial charge >= 0.3 is 0 Å². The van der Waals surface area contributed by atoms with Crippen molar-refractivity contribution in [2.24, 2.45) is 35.3 Å². The number of rotatable bonds is 4. The summed E-state index contributed by atoms with van der Waals surface area (Å²) < 4.78 is 0. The molecule has 0 amide bonds. The fourth-order valence-corrected chi connectivity index (χ4v) is 5.78. The second kappa shape index (κ2) is 5.96. The van der Waals surface area contributed by atoms with E-state index in [4.69, 9.17) is 5.73 Å². The van der Waals surface area contributed by atoms with Crippen LogP contribution in [0.2, 0.25) is 0 Å². The van der Waals surface area contributed by atoms with Crippen LogP contribution in [0, 0.1) is 29.6 Å². The van der Waals surface area contributed by atoms with Gasteiger partial charge in [0.05, 0.1) is 0 Å². The first-order valence-electron chi connectivity index (χ1n) is 9.08. The fourth-order valence-electron chi connectivity index (χ4n) is 5.78. The molecular weight excluding hydrogens is 244 g/mol. The molecule has 3 N–H and O–H groups in total. The van der Waals surface area contributed by atoms with E-state index in [0.717, 1.165) is 23.7 Å². The molecule has 2 bridgehead atoms. The predicted molar refractivity (Wildman–Crippen MR) is 85.5 cm³/mol. The molecule has 3 saturated carbocycles. The Morgan fingerprint density at radius 2 is 1.55 bits per heavy atom. The Morgan fingerprint density at radius 1 is 0.950 bits per heavy atom. The summed E-state index contributed by atoms with van der Waals surface area (Å²) in [5.74, 6) is 4.56. The lowest BCUT2D eigenvalue weighted by Gasteiger charge is -2.40. The van der Waals surface area contributed by atoms with E-state index in [2.05, 4.69) is 26.1 Å². The first kappa shape index (κ1) is 14.8. The highest BCUT2D eigenvalue weighted by atomic mass is 15.0. The molecule has 3 aliphatic rings. The van der Waals surface area contributed by atoms with Crippen molar-refractivity contribution < 1.29 is 0 Å². The Kier molecular flexibility index (Phi) is 4.42. The number of nitrogens with two attached hydrogens (primary N) is 1. The van der Waals surface area contributed by atoms with E-state index in [9.17, 15) is 0 Å². The average molecular weight is 278 g/mol. The number of hydrogen-bond acceptors (Lipinski definition) is 2. The molecule has 3 aliphatic carbocycles. The summed E-state index contributed by atoms with van der Waals surface area (Å²) in [5.41, 5.74) is 6.28. The zero-order chi connectivity index (χ0) is 14.3. The maximum atomic E-state index is 6.28. The molecule has 0 heterocycles. The van der Waals surface area contributed by atoms with Crippen LogP contribution in [-0.2, 0) is 0 Å². The van der Waals surface area contributed by atoms with Crippen molar-refractivity contribution in [2.75, 3.05) is 0 Å². The smallest absolute Gasteiger partial charge is 0.0113 e. The zero-order valence-electron chi connectivity index (χ0n) is 13.6. The third-order valence-corrected chi connectivity index (χ3v) is 6.80. The van der Waals surface area contributed by atoms with E-state index < -0.39 is 0 Å². The monoisotopic (exact) mass is 278 g/mol. The number of fused-ring (bicyclic) bond motifs is 2. The van der Waals surface area contributed by atoms with Crippen LogP contribution in [0.1, 0.15) is 65.7 Å². The van der Waals surface area contributed by atoms with Gasteiger partial charge in [0, 0.05) is 18.1 Å². The Morgan fingerprint density at radius 3 is 2.10 bits per heavy atom. The summed E-state index contributed by atoms with van der Waals surface area (Å²) in [6.45, 7) is 7.06. The minimum absolute atomic E-state index is 0.336. The first-order chi connectivity index (χ1) is 9.56. The molecule has 4 unspecified atom stereocenters. The van der Waals surface area contributed by atoms with E-state index in [-0.39, 0.29) is 0 Å². The third kappa shape index (κ3) is 2.78. The van der Waals surface area contributed by atoms with Crippen LogP contribution in [0.5, 0.6) is 0 Å². The maximum absolute atomic E-state index is 6.28. The largest absolute Gasteiger partial charge is 0.328 e. The van der Waals surface area contributed by atoms with Crippen LogP contribution >= 0.6 is 0 Å². The predicted octanol–water partition coefficient (Wildman–Crippen LogP) is 3.55. The third-order valence-electron chi connectivity index (χ3n) is 6.80. The molecule has 2 nitrogen and oxygen atoms in total. The van der Waals surface area contributed by atoms with Crippen LogP contribution in [-0.4, -0.2) is 18.1 Å². The average Bonchev–Trinajstić information content (AvgIpc) is 3.00. The maximum Gasteiger partial charge on any atom is 0.0113 e. The molecule has 0 spiro atoms. The summed E-state index contributed by atoms with van der Waals surface area (Å²) >= 11 is 0. The molecule has 0 aromatic heterocycles. The molecular formula is C18H34N2. The van der Waals surface area contributed by atoms with Gasteiger partial charge in [0.2, 0.25) is 0 Å². The van der Waals surface area contributed by atoms with Gasteiger partial charge in [-0.15, -0.1) is 0 Å². The van der Waals surface area contributed by atoms with Gasteiger partial charge in [-0.2, -0.15) is 0 Å². The van der Waals surface area contributed by atoms with Crippen molar-refractivity contribution >= 4 is 0 Å². The van der Waals surface area contributed by atoms with Crippen molar-refractivity contribution in [3.63, 3.8) is 0 Å². The Balaban J connectivity index is 1.61. The summed E-state index contributed by atoms with van der Waals surface area (Å²) in [7, 11) is 0. The molecule has 0 saturated heterocycles. The van der Waals surface area contributed by atoms with Crippen LogP contribution in [0.15, 0.2) is 0 Å². The summed E-state index contributed by atoms with van der Waals surface area (Å²) in [6.07, 6.45) is 10.0. The Hall–Kier alpha value is -0.0800. The molecule has 0 aliphatic heterocycles. The minimum atomic E-state index is 0.336. The standard InChI is InChI=1S/C18H34N2/c1-11-4-9-17(16(10-11)12(2)19)20-13(3)18-14-5-6-15(18)8-7-14/h11-18,20H,4-10,19H2,1-3H3/t11?,12?,13?,14?,15?,16?,17-,18?/m0/s1. The molecule has 0 aromatic carbocycles. The van der Waals surface area contributed by atoms with E-state index >= 15 is 0 Å². The molecule has 3 rings (SSSR count). The second-order valence-electron chi connectivity index (χ2n) is 8.26.